The Morgan fingerprint density at radius 1 is 1.00 bits per heavy atom. The van der Waals surface area contributed by atoms with Gasteiger partial charge >= 0.3 is 6.18 Å². The lowest BCUT2D eigenvalue weighted by Gasteiger charge is -2.07. The zero-order valence-corrected chi connectivity index (χ0v) is 8.49. The molecule has 0 aliphatic carbocycles. The van der Waals surface area contributed by atoms with Crippen LogP contribution in [0.2, 0.25) is 0 Å². The monoisotopic (exact) mass is 240 g/mol. The summed E-state index contributed by atoms with van der Waals surface area (Å²) in [5.41, 5.74) is -0.307. The zero-order chi connectivity index (χ0) is 12.5. The molecule has 0 aliphatic heterocycles. The van der Waals surface area contributed by atoms with Gasteiger partial charge in [0.2, 0.25) is 5.76 Å². The van der Waals surface area contributed by atoms with E-state index in [1.54, 1.807) is 30.3 Å². The second-order valence-corrected chi connectivity index (χ2v) is 3.39. The molecule has 2 rings (SSSR count). The van der Waals surface area contributed by atoms with E-state index in [9.17, 15) is 18.0 Å². The molecule has 0 N–H and O–H groups in total. The van der Waals surface area contributed by atoms with Gasteiger partial charge in [-0.2, -0.15) is 13.2 Å². The number of alkyl halides is 3. The number of hydrogen-bond donors (Lipinski definition) is 0. The van der Waals surface area contributed by atoms with E-state index in [1.807, 2.05) is 0 Å². The summed E-state index contributed by atoms with van der Waals surface area (Å²) in [6.45, 7) is 0. The number of halogens is 3. The van der Waals surface area contributed by atoms with E-state index in [-0.39, 0.29) is 5.76 Å². The molecule has 2 aromatic rings. The summed E-state index contributed by atoms with van der Waals surface area (Å²) in [5.74, 6) is -1.38. The van der Waals surface area contributed by atoms with Gasteiger partial charge in [-0.1, -0.05) is 30.3 Å². The Hall–Kier alpha value is -2.04. The SMILES string of the molecule is O=c1cc(-c2ccccc2)oc(C(F)(F)F)c1. The molecular weight excluding hydrogens is 233 g/mol. The number of hydrogen-bond acceptors (Lipinski definition) is 2. The molecule has 0 atom stereocenters. The molecule has 88 valence electrons. The van der Waals surface area contributed by atoms with Crippen LogP contribution in [0.25, 0.3) is 11.3 Å². The molecule has 5 heteroatoms. The fourth-order valence-corrected chi connectivity index (χ4v) is 1.36. The second kappa shape index (κ2) is 4.08. The Bertz CT molecular complexity index is 570. The summed E-state index contributed by atoms with van der Waals surface area (Å²) < 4.78 is 42.0. The summed E-state index contributed by atoms with van der Waals surface area (Å²) >= 11 is 0. The largest absolute Gasteiger partial charge is 0.451 e. The molecule has 0 radical (unpaired) electrons. The molecule has 0 fully saturated rings. The summed E-state index contributed by atoms with van der Waals surface area (Å²) in [5, 5.41) is 0. The Labute approximate surface area is 94.3 Å². The third kappa shape index (κ3) is 2.55. The smallest absolute Gasteiger partial charge is 0.449 e. The third-order valence-electron chi connectivity index (χ3n) is 2.10. The predicted octanol–water partition coefficient (Wildman–Crippen LogP) is 3.33. The highest BCUT2D eigenvalue weighted by atomic mass is 19.4. The van der Waals surface area contributed by atoms with Gasteiger partial charge < -0.3 is 4.42 Å². The standard InChI is InChI=1S/C12H7F3O2/c13-12(14,15)11-7-9(16)6-10(17-11)8-4-2-1-3-5-8/h1-7H. The van der Waals surface area contributed by atoms with E-state index < -0.39 is 17.4 Å². The van der Waals surface area contributed by atoms with Gasteiger partial charge in [0.1, 0.15) is 5.76 Å². The first-order chi connectivity index (χ1) is 7.97. The molecular formula is C12H7F3O2. The van der Waals surface area contributed by atoms with E-state index in [1.165, 1.54) is 0 Å². The van der Waals surface area contributed by atoms with Gasteiger partial charge in [-0.25, -0.2) is 0 Å². The van der Waals surface area contributed by atoms with Gasteiger partial charge in [0.25, 0.3) is 0 Å². The summed E-state index contributed by atoms with van der Waals surface area (Å²) in [6.07, 6.45) is -4.66. The van der Waals surface area contributed by atoms with Gasteiger partial charge in [-0.05, 0) is 0 Å². The first-order valence-electron chi connectivity index (χ1n) is 4.74. The van der Waals surface area contributed by atoms with Gasteiger partial charge in [0.15, 0.2) is 5.43 Å². The Kier molecular flexibility index (Phi) is 2.75. The summed E-state index contributed by atoms with van der Waals surface area (Å²) in [6, 6.07) is 9.62. The van der Waals surface area contributed by atoms with Crippen LogP contribution in [0.5, 0.6) is 0 Å². The van der Waals surface area contributed by atoms with Crippen LogP contribution >= 0.6 is 0 Å². The van der Waals surface area contributed by atoms with Crippen molar-refractivity contribution in [2.24, 2.45) is 0 Å². The summed E-state index contributed by atoms with van der Waals surface area (Å²) in [4.78, 5) is 11.2. The third-order valence-corrected chi connectivity index (χ3v) is 2.10. The first-order valence-corrected chi connectivity index (χ1v) is 4.74. The van der Waals surface area contributed by atoms with Crippen LogP contribution in [0.1, 0.15) is 5.76 Å². The average molecular weight is 240 g/mol. The van der Waals surface area contributed by atoms with Gasteiger partial charge in [0.05, 0.1) is 0 Å². The van der Waals surface area contributed by atoms with Crippen molar-refractivity contribution in [2.45, 2.75) is 6.18 Å². The lowest BCUT2D eigenvalue weighted by Crippen LogP contribution is -2.10. The van der Waals surface area contributed by atoms with Crippen LogP contribution in [-0.4, -0.2) is 0 Å². The van der Waals surface area contributed by atoms with Crippen LogP contribution in [0.15, 0.2) is 51.7 Å². The lowest BCUT2D eigenvalue weighted by atomic mass is 10.1. The van der Waals surface area contributed by atoms with Crippen LogP contribution in [0, 0.1) is 0 Å². The maximum Gasteiger partial charge on any atom is 0.449 e. The normalized spacial score (nSPS) is 11.5. The van der Waals surface area contributed by atoms with E-state index in [0.29, 0.717) is 11.6 Å². The first kappa shape index (κ1) is 11.4. The molecule has 0 saturated heterocycles. The van der Waals surface area contributed by atoms with Crippen molar-refractivity contribution in [3.05, 3.63) is 58.4 Å². The predicted molar refractivity (Wildman–Crippen MR) is 55.4 cm³/mol. The van der Waals surface area contributed by atoms with Crippen LogP contribution in [0.4, 0.5) is 13.2 Å². The van der Waals surface area contributed by atoms with Crippen molar-refractivity contribution in [3.8, 4) is 11.3 Å². The Morgan fingerprint density at radius 2 is 1.65 bits per heavy atom. The van der Waals surface area contributed by atoms with Crippen LogP contribution < -0.4 is 5.43 Å². The van der Waals surface area contributed by atoms with Crippen molar-refractivity contribution < 1.29 is 17.6 Å². The van der Waals surface area contributed by atoms with Gasteiger partial charge in [0, 0.05) is 17.7 Å². The van der Waals surface area contributed by atoms with E-state index in [4.69, 9.17) is 0 Å². The lowest BCUT2D eigenvalue weighted by molar-refractivity contribution is -0.153. The molecule has 0 aliphatic rings. The molecule has 0 unspecified atom stereocenters. The molecule has 17 heavy (non-hydrogen) atoms. The average Bonchev–Trinajstić information content (AvgIpc) is 2.28. The van der Waals surface area contributed by atoms with E-state index in [2.05, 4.69) is 4.42 Å². The molecule has 0 saturated carbocycles. The molecule has 0 spiro atoms. The fourth-order valence-electron chi connectivity index (χ4n) is 1.36. The number of benzene rings is 1. The van der Waals surface area contributed by atoms with Crippen molar-refractivity contribution in [1.82, 2.24) is 0 Å². The van der Waals surface area contributed by atoms with Crippen LogP contribution in [-0.2, 0) is 6.18 Å². The minimum Gasteiger partial charge on any atom is -0.451 e. The van der Waals surface area contributed by atoms with Gasteiger partial charge in [-0.3, -0.25) is 4.79 Å². The van der Waals surface area contributed by atoms with E-state index >= 15 is 0 Å². The maximum atomic E-state index is 12.4. The van der Waals surface area contributed by atoms with Crippen LogP contribution in [0.3, 0.4) is 0 Å². The quantitative estimate of drug-likeness (QED) is 0.765. The zero-order valence-electron chi connectivity index (χ0n) is 8.49. The Morgan fingerprint density at radius 3 is 2.24 bits per heavy atom. The highest BCUT2D eigenvalue weighted by Gasteiger charge is 2.34. The number of rotatable bonds is 1. The van der Waals surface area contributed by atoms with Gasteiger partial charge in [-0.15, -0.1) is 0 Å². The van der Waals surface area contributed by atoms with Crippen molar-refractivity contribution >= 4 is 0 Å². The maximum absolute atomic E-state index is 12.4. The molecule has 1 heterocycles. The van der Waals surface area contributed by atoms with E-state index in [0.717, 1.165) is 6.07 Å². The molecule has 2 nitrogen and oxygen atoms in total. The second-order valence-electron chi connectivity index (χ2n) is 3.39. The molecule has 0 amide bonds. The molecule has 1 aromatic carbocycles. The minimum atomic E-state index is -4.66. The topological polar surface area (TPSA) is 30.2 Å². The molecule has 0 bridgehead atoms. The summed E-state index contributed by atoms with van der Waals surface area (Å²) in [7, 11) is 0. The molecule has 1 aromatic heterocycles. The van der Waals surface area contributed by atoms with Crippen molar-refractivity contribution in [2.75, 3.05) is 0 Å². The van der Waals surface area contributed by atoms with Crippen molar-refractivity contribution in [3.63, 3.8) is 0 Å². The van der Waals surface area contributed by atoms with Crippen molar-refractivity contribution in [1.29, 1.82) is 0 Å². The highest BCUT2D eigenvalue weighted by Crippen LogP contribution is 2.30. The highest BCUT2D eigenvalue weighted by molar-refractivity contribution is 5.56. The minimum absolute atomic E-state index is 0.0922. The fraction of sp³-hybridized carbons (Fsp3) is 0.0833. The Balaban J connectivity index is 2.58.